The normalized spacial score (nSPS) is 34.8. The van der Waals surface area contributed by atoms with Gasteiger partial charge in [0.15, 0.2) is 29.9 Å². The Hall–Kier alpha value is -5.90. The van der Waals surface area contributed by atoms with Crippen LogP contribution in [0.5, 0.6) is 0 Å². The van der Waals surface area contributed by atoms with Crippen molar-refractivity contribution in [2.45, 2.75) is 133 Å². The molecule has 19 nitrogen and oxygen atoms in total. The van der Waals surface area contributed by atoms with Crippen LogP contribution < -0.4 is 5.32 Å². The largest absolute Gasteiger partial charge is 0.456 e. The van der Waals surface area contributed by atoms with Gasteiger partial charge in [-0.3, -0.25) is 19.2 Å². The fraction of sp³-hybridized carbons (Fsp3) is 0.500. The zero-order valence-corrected chi connectivity index (χ0v) is 40.0. The molecular formula is C52H59NO18. The molecule has 3 unspecified atom stereocenters. The minimum absolute atomic E-state index is 0.0120. The van der Waals surface area contributed by atoms with Crippen molar-refractivity contribution in [1.29, 1.82) is 0 Å². The molecule has 2 saturated heterocycles. The average Bonchev–Trinajstić information content (AvgIpc) is 3.34. The maximum absolute atomic E-state index is 16.2. The first-order valence-electron chi connectivity index (χ1n) is 23.4. The minimum atomic E-state index is -2.51. The molecule has 0 spiro atoms. The second kappa shape index (κ2) is 19.6. The van der Waals surface area contributed by atoms with E-state index in [-0.39, 0.29) is 28.7 Å². The molecule has 2 bridgehead atoms. The van der Waals surface area contributed by atoms with E-state index in [1.54, 1.807) is 78.9 Å². The molecule has 5 aliphatic rings. The third-order valence-electron chi connectivity index (χ3n) is 15.2. The Balaban J connectivity index is 1.30. The van der Waals surface area contributed by atoms with Crippen molar-refractivity contribution in [3.63, 3.8) is 0 Å². The molecule has 8 rings (SSSR count). The number of aliphatic hydroxyl groups is 5. The molecular weight excluding hydrogens is 927 g/mol. The van der Waals surface area contributed by atoms with Gasteiger partial charge in [-0.15, -0.1) is 0 Å². The predicted molar refractivity (Wildman–Crippen MR) is 244 cm³/mol. The smallest absolute Gasteiger partial charge is 0.338 e. The fourth-order valence-corrected chi connectivity index (χ4v) is 11.4. The number of rotatable bonds is 12. The molecule has 0 aromatic heterocycles. The second-order valence-corrected chi connectivity index (χ2v) is 19.7. The van der Waals surface area contributed by atoms with E-state index < -0.39 is 150 Å². The zero-order valence-electron chi connectivity index (χ0n) is 40.0. The Kier molecular flexibility index (Phi) is 14.2. The number of hydrogen-bond acceptors (Lipinski definition) is 18. The Morgan fingerprint density at radius 2 is 1.39 bits per heavy atom. The van der Waals surface area contributed by atoms with Gasteiger partial charge in [-0.25, -0.2) is 9.59 Å². The molecule has 19 heteroatoms. The molecule has 2 saturated carbocycles. The summed E-state index contributed by atoms with van der Waals surface area (Å²) in [5, 5.41) is 60.8. The van der Waals surface area contributed by atoms with E-state index in [9.17, 15) is 49.5 Å². The van der Waals surface area contributed by atoms with Crippen LogP contribution >= 0.6 is 0 Å². The number of ether oxygens (including phenoxy) is 7. The zero-order chi connectivity index (χ0) is 51.4. The summed E-state index contributed by atoms with van der Waals surface area (Å²) in [4.78, 5) is 85.6. The first-order valence-corrected chi connectivity index (χ1v) is 23.4. The van der Waals surface area contributed by atoms with Crippen LogP contribution in [0, 0.1) is 16.7 Å². The summed E-state index contributed by atoms with van der Waals surface area (Å²) >= 11 is 0. The molecule has 2 heterocycles. The van der Waals surface area contributed by atoms with Gasteiger partial charge < -0.3 is 64.0 Å². The molecule has 3 aromatic rings. The highest BCUT2D eigenvalue weighted by Gasteiger charge is 2.79. The van der Waals surface area contributed by atoms with Gasteiger partial charge in [0.1, 0.15) is 42.2 Å². The fourth-order valence-electron chi connectivity index (χ4n) is 11.4. The highest BCUT2D eigenvalue weighted by atomic mass is 16.7. The van der Waals surface area contributed by atoms with E-state index in [0.717, 1.165) is 13.8 Å². The standard InChI is InChI=1S/C52H59NO18/c1-26-33(68-47(63)39(58)37(29-16-10-7-11-17-29)53-45(61)30-18-12-8-13-19-30)23-52(64)44(70-46(62)31-20-14-9-15-21-31)42-50(6,43(60)41(67-27(2)54)36(26)49(52,4)5)34(22-35-51(42,25-66-35)71-28(3)55)69-48-40(59)38(57)32(56)24-65-48/h7-21,32-35,37-42,44,48,56-59,64H,22-25H2,1-6H3,(H,53,61)/t32-,33+,34+,35?,37+,38+,39-,40-,41-,42?,44?,48+,50-,51+,52-/m1/s1. The molecule has 15 atom stereocenters. The Labute approximate surface area is 409 Å². The maximum atomic E-state index is 16.2. The lowest BCUT2D eigenvalue weighted by Gasteiger charge is -2.68. The average molecular weight is 986 g/mol. The topological polar surface area (TPSA) is 280 Å². The summed E-state index contributed by atoms with van der Waals surface area (Å²) in [6.07, 6.45) is -17.9. The molecule has 0 radical (unpaired) electrons. The van der Waals surface area contributed by atoms with Gasteiger partial charge in [-0.05, 0) is 54.8 Å². The number of fused-ring (bicyclic) bond motifs is 5. The molecule has 71 heavy (non-hydrogen) atoms. The van der Waals surface area contributed by atoms with Gasteiger partial charge in [0.05, 0.1) is 42.3 Å². The lowest BCUT2D eigenvalue weighted by molar-refractivity contribution is -0.366. The van der Waals surface area contributed by atoms with Gasteiger partial charge in [0.25, 0.3) is 5.91 Å². The van der Waals surface area contributed by atoms with Crippen LogP contribution in [-0.4, -0.2) is 147 Å². The highest BCUT2D eigenvalue weighted by Crippen LogP contribution is 2.65. The number of benzene rings is 3. The van der Waals surface area contributed by atoms with Crippen molar-refractivity contribution >= 4 is 35.6 Å². The number of aliphatic hydroxyl groups excluding tert-OH is 4. The molecule has 3 aromatic carbocycles. The van der Waals surface area contributed by atoms with Crippen LogP contribution in [0.1, 0.15) is 86.7 Å². The number of Topliss-reactive ketones (excluding diaryl/α,β-unsaturated/α-hetero) is 1. The van der Waals surface area contributed by atoms with E-state index in [1.165, 1.54) is 39.8 Å². The lowest BCUT2D eigenvalue weighted by atomic mass is 9.44. The predicted octanol–water partition coefficient (Wildman–Crippen LogP) is 2.20. The number of esters is 4. The van der Waals surface area contributed by atoms with E-state index >= 15 is 4.79 Å². The summed E-state index contributed by atoms with van der Waals surface area (Å²) in [7, 11) is 0. The van der Waals surface area contributed by atoms with Crippen LogP contribution in [0.15, 0.2) is 102 Å². The van der Waals surface area contributed by atoms with Crippen molar-refractivity contribution in [3.05, 3.63) is 119 Å². The van der Waals surface area contributed by atoms with Crippen LogP contribution in [0.3, 0.4) is 0 Å². The van der Waals surface area contributed by atoms with Crippen LogP contribution in [0.25, 0.3) is 0 Å². The molecule has 6 N–H and O–H groups in total. The molecule has 380 valence electrons. The summed E-state index contributed by atoms with van der Waals surface area (Å²) in [5.41, 5.74) is -7.76. The summed E-state index contributed by atoms with van der Waals surface area (Å²) in [6, 6.07) is 22.6. The van der Waals surface area contributed by atoms with Crippen molar-refractivity contribution in [2.24, 2.45) is 16.7 Å². The number of nitrogens with one attached hydrogen (secondary N) is 1. The van der Waals surface area contributed by atoms with Crippen molar-refractivity contribution in [2.75, 3.05) is 13.2 Å². The summed E-state index contributed by atoms with van der Waals surface area (Å²) in [5.74, 6) is -7.31. The van der Waals surface area contributed by atoms with E-state index in [4.69, 9.17) is 33.2 Å². The van der Waals surface area contributed by atoms with Gasteiger partial charge in [0, 0.05) is 37.7 Å². The molecule has 3 aliphatic carbocycles. The Bertz CT molecular complexity index is 2560. The third kappa shape index (κ3) is 8.96. The monoisotopic (exact) mass is 985 g/mol. The minimum Gasteiger partial charge on any atom is -0.456 e. The van der Waals surface area contributed by atoms with Crippen molar-refractivity contribution < 1.29 is 87.5 Å². The first-order chi connectivity index (χ1) is 33.6. The van der Waals surface area contributed by atoms with Crippen LogP contribution in [-0.2, 0) is 52.3 Å². The number of carbonyl (C=O) groups is 6. The van der Waals surface area contributed by atoms with Crippen LogP contribution in [0.4, 0.5) is 0 Å². The number of amides is 1. The van der Waals surface area contributed by atoms with Gasteiger partial charge in [0.2, 0.25) is 0 Å². The Morgan fingerprint density at radius 1 is 0.789 bits per heavy atom. The Morgan fingerprint density at radius 3 is 1.97 bits per heavy atom. The number of ketones is 1. The second-order valence-electron chi connectivity index (χ2n) is 19.7. The third-order valence-corrected chi connectivity index (χ3v) is 15.2. The first kappa shape index (κ1) is 51.5. The SMILES string of the molecule is CC(=O)O[C@H]1C(=O)[C@@]2(C)C(C(OC(=O)c3ccccc3)[C@]3(O)C[C@H](OC(=O)[C@H](O)[C@@H](NC(=O)c4ccccc4)c4ccccc4)C(C)=C1C3(C)C)[C@]1(OC(C)=O)COC1C[C@@H]2O[C@@H]1OC[C@@H](O)[C@H](O)[C@H]1O. The van der Waals surface area contributed by atoms with E-state index in [1.807, 2.05) is 0 Å². The summed E-state index contributed by atoms with van der Waals surface area (Å²) in [6.45, 7) is 7.24. The molecule has 1 amide bonds. The maximum Gasteiger partial charge on any atom is 0.338 e. The van der Waals surface area contributed by atoms with E-state index in [0.29, 0.717) is 5.56 Å². The van der Waals surface area contributed by atoms with Gasteiger partial charge >= 0.3 is 23.9 Å². The van der Waals surface area contributed by atoms with Crippen molar-refractivity contribution in [1.82, 2.24) is 5.32 Å². The van der Waals surface area contributed by atoms with Gasteiger partial charge in [-0.1, -0.05) is 80.6 Å². The van der Waals surface area contributed by atoms with Gasteiger partial charge in [-0.2, -0.15) is 0 Å². The lowest BCUT2D eigenvalue weighted by Crippen LogP contribution is -2.82. The summed E-state index contributed by atoms with van der Waals surface area (Å²) < 4.78 is 43.1. The van der Waals surface area contributed by atoms with Crippen LogP contribution in [0.2, 0.25) is 0 Å². The number of carbonyl (C=O) groups excluding carboxylic acids is 6. The van der Waals surface area contributed by atoms with Crippen molar-refractivity contribution in [3.8, 4) is 0 Å². The molecule has 2 aliphatic heterocycles. The highest BCUT2D eigenvalue weighted by molar-refractivity contribution is 5.96. The number of hydrogen-bond donors (Lipinski definition) is 6. The molecule has 4 fully saturated rings. The quantitative estimate of drug-likeness (QED) is 0.0862. The van der Waals surface area contributed by atoms with E-state index in [2.05, 4.69) is 5.32 Å².